The number of aromatic amines is 1. The highest BCUT2D eigenvalue weighted by Crippen LogP contribution is 2.27. The summed E-state index contributed by atoms with van der Waals surface area (Å²) in [5.41, 5.74) is 3.81. The molecule has 0 aliphatic rings. The van der Waals surface area contributed by atoms with Crippen LogP contribution in [0.15, 0.2) is 36.7 Å². The minimum atomic E-state index is 0.666. The summed E-state index contributed by atoms with van der Waals surface area (Å²) < 4.78 is 0.666. The van der Waals surface area contributed by atoms with E-state index in [2.05, 4.69) is 21.0 Å². The van der Waals surface area contributed by atoms with E-state index in [0.717, 1.165) is 33.4 Å². The number of nitrogens with one attached hydrogen (secondary N) is 1. The molecule has 0 saturated heterocycles. The van der Waals surface area contributed by atoms with Crippen LogP contribution in [-0.2, 0) is 0 Å². The smallest absolute Gasteiger partial charge is 0.130 e. The van der Waals surface area contributed by atoms with Gasteiger partial charge in [0.05, 0.1) is 5.69 Å². The fourth-order valence-corrected chi connectivity index (χ4v) is 2.43. The number of aryl methyl sites for hydroxylation is 2. The van der Waals surface area contributed by atoms with Crippen molar-refractivity contribution in [2.24, 2.45) is 0 Å². The van der Waals surface area contributed by atoms with Crippen LogP contribution in [0.1, 0.15) is 11.4 Å². The van der Waals surface area contributed by atoms with E-state index >= 15 is 0 Å². The van der Waals surface area contributed by atoms with E-state index in [1.807, 2.05) is 38.2 Å². The van der Waals surface area contributed by atoms with Crippen LogP contribution in [0.5, 0.6) is 0 Å². The molecular formula is C15H13N3S. The second-order valence-corrected chi connectivity index (χ2v) is 4.94. The van der Waals surface area contributed by atoms with Crippen LogP contribution >= 0.6 is 12.2 Å². The molecule has 3 rings (SSSR count). The van der Waals surface area contributed by atoms with E-state index in [-0.39, 0.29) is 0 Å². The van der Waals surface area contributed by atoms with Gasteiger partial charge in [-0.2, -0.15) is 0 Å². The van der Waals surface area contributed by atoms with Gasteiger partial charge in [0.2, 0.25) is 0 Å². The lowest BCUT2D eigenvalue weighted by atomic mass is 10.0. The molecule has 0 bridgehead atoms. The summed E-state index contributed by atoms with van der Waals surface area (Å²) >= 11 is 5.41. The predicted molar refractivity (Wildman–Crippen MR) is 79.6 cm³/mol. The molecule has 1 aromatic carbocycles. The molecule has 2 heterocycles. The van der Waals surface area contributed by atoms with Gasteiger partial charge in [-0.15, -0.1) is 0 Å². The van der Waals surface area contributed by atoms with Gasteiger partial charge in [-0.3, -0.25) is 4.98 Å². The quantitative estimate of drug-likeness (QED) is 0.678. The summed E-state index contributed by atoms with van der Waals surface area (Å²) in [4.78, 5) is 12.0. The van der Waals surface area contributed by atoms with Crippen molar-refractivity contribution in [3.63, 3.8) is 0 Å². The van der Waals surface area contributed by atoms with Crippen molar-refractivity contribution in [3.8, 4) is 11.3 Å². The zero-order valence-corrected chi connectivity index (χ0v) is 11.6. The first-order valence-corrected chi connectivity index (χ1v) is 6.48. The molecule has 4 heteroatoms. The largest absolute Gasteiger partial charge is 0.347 e. The van der Waals surface area contributed by atoms with Crippen LogP contribution in [0.25, 0.3) is 22.0 Å². The number of benzene rings is 1. The number of hydrogen-bond donors (Lipinski definition) is 1. The SMILES string of the molecule is Cc1nc(-c2cccc3ccncc23)c(=S)[nH]c1C. The van der Waals surface area contributed by atoms with Crippen molar-refractivity contribution in [3.05, 3.63) is 52.7 Å². The fourth-order valence-electron chi connectivity index (χ4n) is 2.12. The summed E-state index contributed by atoms with van der Waals surface area (Å²) in [6.45, 7) is 3.96. The highest BCUT2D eigenvalue weighted by Gasteiger charge is 2.08. The number of H-pyrrole nitrogens is 1. The molecule has 0 radical (unpaired) electrons. The van der Waals surface area contributed by atoms with Gasteiger partial charge in [0.1, 0.15) is 10.3 Å². The van der Waals surface area contributed by atoms with E-state index in [4.69, 9.17) is 12.2 Å². The van der Waals surface area contributed by atoms with Gasteiger partial charge in [0.25, 0.3) is 0 Å². The molecule has 0 amide bonds. The summed E-state index contributed by atoms with van der Waals surface area (Å²) in [5.74, 6) is 0. The van der Waals surface area contributed by atoms with Crippen molar-refractivity contribution in [2.75, 3.05) is 0 Å². The van der Waals surface area contributed by atoms with Gasteiger partial charge in [-0.05, 0) is 25.3 Å². The average Bonchev–Trinajstić information content (AvgIpc) is 2.42. The van der Waals surface area contributed by atoms with Crippen LogP contribution in [0.4, 0.5) is 0 Å². The third-order valence-electron chi connectivity index (χ3n) is 3.28. The number of aromatic nitrogens is 3. The first-order valence-electron chi connectivity index (χ1n) is 6.07. The lowest BCUT2D eigenvalue weighted by Crippen LogP contribution is -1.96. The zero-order chi connectivity index (χ0) is 13.4. The number of rotatable bonds is 1. The maximum absolute atomic E-state index is 5.41. The molecule has 0 unspecified atom stereocenters. The summed E-state index contributed by atoms with van der Waals surface area (Å²) in [7, 11) is 0. The van der Waals surface area contributed by atoms with Crippen LogP contribution in [0, 0.1) is 18.5 Å². The fraction of sp³-hybridized carbons (Fsp3) is 0.133. The van der Waals surface area contributed by atoms with Crippen LogP contribution in [0.2, 0.25) is 0 Å². The van der Waals surface area contributed by atoms with Gasteiger partial charge in [0, 0.05) is 29.0 Å². The summed E-state index contributed by atoms with van der Waals surface area (Å²) in [6.07, 6.45) is 3.65. The van der Waals surface area contributed by atoms with Gasteiger partial charge in [-0.25, -0.2) is 4.98 Å². The zero-order valence-electron chi connectivity index (χ0n) is 10.8. The molecule has 94 valence electrons. The molecule has 2 aromatic heterocycles. The van der Waals surface area contributed by atoms with Crippen molar-refractivity contribution < 1.29 is 0 Å². The van der Waals surface area contributed by atoms with Crippen molar-refractivity contribution >= 4 is 23.0 Å². The number of nitrogens with zero attached hydrogens (tertiary/aromatic N) is 2. The molecule has 0 spiro atoms. The maximum atomic E-state index is 5.41. The molecule has 0 fully saturated rings. The summed E-state index contributed by atoms with van der Waals surface area (Å²) in [6, 6.07) is 8.11. The average molecular weight is 267 g/mol. The minimum Gasteiger partial charge on any atom is -0.347 e. The lowest BCUT2D eigenvalue weighted by Gasteiger charge is -2.08. The van der Waals surface area contributed by atoms with Crippen molar-refractivity contribution in [1.82, 2.24) is 15.0 Å². The molecule has 0 aliphatic heterocycles. The molecule has 0 atom stereocenters. The van der Waals surface area contributed by atoms with E-state index in [1.165, 1.54) is 0 Å². The molecule has 3 aromatic rings. The Hall–Kier alpha value is -2.07. The van der Waals surface area contributed by atoms with Crippen LogP contribution in [-0.4, -0.2) is 15.0 Å². The third-order valence-corrected chi connectivity index (χ3v) is 3.57. The number of fused-ring (bicyclic) bond motifs is 1. The molecule has 19 heavy (non-hydrogen) atoms. The standard InChI is InChI=1S/C15H13N3S/c1-9-10(2)18-15(19)14(17-9)12-5-3-4-11-6-7-16-8-13(11)12/h3-8H,1-2H3,(H,18,19). The Balaban J connectivity index is 2.37. The van der Waals surface area contributed by atoms with Gasteiger partial charge < -0.3 is 4.98 Å². The Bertz CT molecular complexity index is 816. The molecule has 0 aliphatic carbocycles. The summed E-state index contributed by atoms with van der Waals surface area (Å²) in [5, 5.41) is 2.21. The minimum absolute atomic E-state index is 0.666. The van der Waals surface area contributed by atoms with Gasteiger partial charge in [0.15, 0.2) is 0 Å². The molecule has 0 saturated carbocycles. The normalized spacial score (nSPS) is 10.8. The first kappa shape index (κ1) is 12.0. The monoisotopic (exact) mass is 267 g/mol. The van der Waals surface area contributed by atoms with Crippen LogP contribution < -0.4 is 0 Å². The highest BCUT2D eigenvalue weighted by atomic mass is 32.1. The Kier molecular flexibility index (Phi) is 2.87. The molecular weight excluding hydrogens is 254 g/mol. The Morgan fingerprint density at radius 3 is 2.84 bits per heavy atom. The number of pyridine rings is 1. The molecule has 1 N–H and O–H groups in total. The third kappa shape index (κ3) is 2.04. The number of hydrogen-bond acceptors (Lipinski definition) is 3. The van der Waals surface area contributed by atoms with Crippen molar-refractivity contribution in [1.29, 1.82) is 0 Å². The van der Waals surface area contributed by atoms with E-state index in [1.54, 1.807) is 6.20 Å². The van der Waals surface area contributed by atoms with E-state index in [9.17, 15) is 0 Å². The lowest BCUT2D eigenvalue weighted by molar-refractivity contribution is 1.04. The van der Waals surface area contributed by atoms with E-state index < -0.39 is 0 Å². The topological polar surface area (TPSA) is 41.6 Å². The maximum Gasteiger partial charge on any atom is 0.130 e. The van der Waals surface area contributed by atoms with Gasteiger partial charge >= 0.3 is 0 Å². The Morgan fingerprint density at radius 2 is 2.00 bits per heavy atom. The van der Waals surface area contributed by atoms with Crippen LogP contribution in [0.3, 0.4) is 0 Å². The van der Waals surface area contributed by atoms with Crippen molar-refractivity contribution in [2.45, 2.75) is 13.8 Å². The van der Waals surface area contributed by atoms with E-state index in [0.29, 0.717) is 4.64 Å². The Labute approximate surface area is 116 Å². The second-order valence-electron chi connectivity index (χ2n) is 4.53. The van der Waals surface area contributed by atoms with Gasteiger partial charge in [-0.1, -0.05) is 30.4 Å². The highest BCUT2D eigenvalue weighted by molar-refractivity contribution is 7.71. The second kappa shape index (κ2) is 4.55. The predicted octanol–water partition coefficient (Wildman–Crippen LogP) is 3.97. The molecule has 3 nitrogen and oxygen atoms in total. The Morgan fingerprint density at radius 1 is 1.16 bits per heavy atom. The first-order chi connectivity index (χ1) is 9.16.